The Balaban J connectivity index is 2.66. The van der Waals surface area contributed by atoms with Gasteiger partial charge < -0.3 is 0 Å². The lowest BCUT2D eigenvalue weighted by Crippen LogP contribution is -1.97. The van der Waals surface area contributed by atoms with Crippen molar-refractivity contribution in [1.82, 2.24) is 19.8 Å². The first kappa shape index (κ1) is 8.13. The van der Waals surface area contributed by atoms with Gasteiger partial charge in [0.2, 0.25) is 0 Å². The summed E-state index contributed by atoms with van der Waals surface area (Å²) < 4.78 is 2.24. The smallest absolute Gasteiger partial charge is 0.178 e. The van der Waals surface area contributed by atoms with Crippen molar-refractivity contribution in [2.75, 3.05) is 0 Å². The number of rotatable bonds is 1. The van der Waals surface area contributed by atoms with E-state index in [-0.39, 0.29) is 6.42 Å². The molecule has 0 N–H and O–H groups in total. The molecule has 0 aliphatic heterocycles. The number of aromatic nitrogens is 4. The first-order valence-electron chi connectivity index (χ1n) is 3.55. The minimum absolute atomic E-state index is 0.213. The maximum Gasteiger partial charge on any atom is 0.178 e. The third kappa shape index (κ3) is 1.38. The summed E-state index contributed by atoms with van der Waals surface area (Å²) in [7, 11) is 0. The summed E-state index contributed by atoms with van der Waals surface area (Å²) in [4.78, 5) is 0. The van der Waals surface area contributed by atoms with Gasteiger partial charge in [-0.1, -0.05) is 0 Å². The van der Waals surface area contributed by atoms with Crippen LogP contribution in [0.4, 0.5) is 0 Å². The zero-order valence-electron chi connectivity index (χ0n) is 6.48. The predicted molar refractivity (Wildman–Crippen MR) is 47.8 cm³/mol. The summed E-state index contributed by atoms with van der Waals surface area (Å²) in [5.41, 5.74) is 0.647. The molecule has 0 spiro atoms. The van der Waals surface area contributed by atoms with Crippen LogP contribution >= 0.6 is 15.9 Å². The minimum atomic E-state index is 0.213. The van der Waals surface area contributed by atoms with Crippen LogP contribution in [0, 0.1) is 11.3 Å². The Hall–Kier alpha value is -1.48. The molecule has 64 valence electrons. The van der Waals surface area contributed by atoms with Gasteiger partial charge in [0.1, 0.15) is 4.60 Å². The van der Waals surface area contributed by atoms with E-state index in [0.29, 0.717) is 16.1 Å². The van der Waals surface area contributed by atoms with Crippen LogP contribution in [0.2, 0.25) is 0 Å². The standard InChI is InChI=1S/C7H4BrN5/c8-5-1-2-6-10-11-7(3-4-9)13(6)12-5/h1-2H,3H2. The Bertz CT molecular complexity index is 483. The lowest BCUT2D eigenvalue weighted by molar-refractivity contribution is 0.838. The van der Waals surface area contributed by atoms with E-state index in [9.17, 15) is 0 Å². The molecule has 0 atom stereocenters. The van der Waals surface area contributed by atoms with E-state index >= 15 is 0 Å². The Labute approximate surface area is 82.1 Å². The molecular weight excluding hydrogens is 234 g/mol. The second kappa shape index (κ2) is 3.11. The molecule has 0 saturated carbocycles. The highest BCUT2D eigenvalue weighted by molar-refractivity contribution is 9.10. The van der Waals surface area contributed by atoms with Gasteiger partial charge in [0, 0.05) is 0 Å². The van der Waals surface area contributed by atoms with Crippen molar-refractivity contribution in [3.05, 3.63) is 22.6 Å². The van der Waals surface area contributed by atoms with E-state index in [0.717, 1.165) is 0 Å². The summed E-state index contributed by atoms with van der Waals surface area (Å²) in [6, 6.07) is 5.56. The van der Waals surface area contributed by atoms with Gasteiger partial charge in [-0.15, -0.1) is 10.2 Å². The number of fused-ring (bicyclic) bond motifs is 1. The predicted octanol–water partition coefficient (Wildman–Crippen LogP) is 0.953. The molecule has 2 aromatic heterocycles. The van der Waals surface area contributed by atoms with Crippen LogP contribution in [0.3, 0.4) is 0 Å². The van der Waals surface area contributed by atoms with E-state index < -0.39 is 0 Å². The molecule has 5 nitrogen and oxygen atoms in total. The minimum Gasteiger partial charge on any atom is -0.198 e. The number of hydrogen-bond donors (Lipinski definition) is 0. The molecular formula is C7H4BrN5. The van der Waals surface area contributed by atoms with E-state index in [1.807, 2.05) is 6.07 Å². The van der Waals surface area contributed by atoms with Crippen molar-refractivity contribution in [3.63, 3.8) is 0 Å². The number of halogens is 1. The summed E-state index contributed by atoms with van der Waals surface area (Å²) in [6.45, 7) is 0. The SMILES string of the molecule is N#CCc1nnc2ccc(Br)nn12. The highest BCUT2D eigenvalue weighted by atomic mass is 79.9. The van der Waals surface area contributed by atoms with Crippen molar-refractivity contribution >= 4 is 21.6 Å². The third-order valence-corrected chi connectivity index (χ3v) is 1.95. The maximum atomic E-state index is 8.50. The number of nitrogens with zero attached hydrogens (tertiary/aromatic N) is 5. The van der Waals surface area contributed by atoms with Crippen LogP contribution in [0.1, 0.15) is 5.82 Å². The first-order chi connectivity index (χ1) is 6.31. The summed E-state index contributed by atoms with van der Waals surface area (Å²) in [5.74, 6) is 0.554. The van der Waals surface area contributed by atoms with Gasteiger partial charge in [-0.3, -0.25) is 0 Å². The Morgan fingerprint density at radius 1 is 1.46 bits per heavy atom. The van der Waals surface area contributed by atoms with Crippen molar-refractivity contribution in [3.8, 4) is 6.07 Å². The normalized spacial score (nSPS) is 10.2. The van der Waals surface area contributed by atoms with Gasteiger partial charge in [0.25, 0.3) is 0 Å². The molecule has 6 heteroatoms. The van der Waals surface area contributed by atoms with Crippen LogP contribution in [0.15, 0.2) is 16.7 Å². The van der Waals surface area contributed by atoms with Crippen molar-refractivity contribution in [2.24, 2.45) is 0 Å². The Morgan fingerprint density at radius 3 is 3.08 bits per heavy atom. The number of nitriles is 1. The zero-order valence-corrected chi connectivity index (χ0v) is 8.06. The first-order valence-corrected chi connectivity index (χ1v) is 4.34. The van der Waals surface area contributed by atoms with Crippen LogP contribution in [-0.2, 0) is 6.42 Å². The fourth-order valence-corrected chi connectivity index (χ4v) is 1.28. The molecule has 0 unspecified atom stereocenters. The second-order valence-corrected chi connectivity index (χ2v) is 3.19. The molecule has 2 rings (SSSR count). The molecule has 2 heterocycles. The van der Waals surface area contributed by atoms with Crippen LogP contribution in [0.25, 0.3) is 5.65 Å². The molecule has 0 saturated heterocycles. The average molecular weight is 238 g/mol. The van der Waals surface area contributed by atoms with Gasteiger partial charge in [0.05, 0.1) is 12.5 Å². The lowest BCUT2D eigenvalue weighted by atomic mass is 10.4. The summed E-state index contributed by atoms with van der Waals surface area (Å²) in [5, 5.41) is 20.3. The topological polar surface area (TPSA) is 66.9 Å². The molecule has 0 aliphatic carbocycles. The quantitative estimate of drug-likeness (QED) is 0.741. The lowest BCUT2D eigenvalue weighted by Gasteiger charge is -1.93. The molecule has 0 aromatic carbocycles. The summed E-state index contributed by atoms with van der Waals surface area (Å²) >= 11 is 3.23. The fourth-order valence-electron chi connectivity index (χ4n) is 0.992. The monoisotopic (exact) mass is 237 g/mol. The molecule has 0 aliphatic rings. The van der Waals surface area contributed by atoms with Gasteiger partial charge in [-0.25, -0.2) is 0 Å². The van der Waals surface area contributed by atoms with Crippen molar-refractivity contribution in [2.45, 2.75) is 6.42 Å². The van der Waals surface area contributed by atoms with E-state index in [4.69, 9.17) is 5.26 Å². The summed E-state index contributed by atoms with van der Waals surface area (Å²) in [6.07, 6.45) is 0.213. The van der Waals surface area contributed by atoms with Crippen molar-refractivity contribution in [1.29, 1.82) is 5.26 Å². The maximum absolute atomic E-state index is 8.50. The van der Waals surface area contributed by atoms with Crippen LogP contribution in [-0.4, -0.2) is 19.8 Å². The highest BCUT2D eigenvalue weighted by Crippen LogP contribution is 2.07. The van der Waals surface area contributed by atoms with Gasteiger partial charge in [-0.2, -0.15) is 14.9 Å². The molecule has 0 radical (unpaired) electrons. The second-order valence-electron chi connectivity index (χ2n) is 2.38. The molecule has 0 fully saturated rings. The van der Waals surface area contributed by atoms with Crippen molar-refractivity contribution < 1.29 is 0 Å². The Morgan fingerprint density at radius 2 is 2.31 bits per heavy atom. The molecule has 13 heavy (non-hydrogen) atoms. The Kier molecular flexibility index (Phi) is 1.94. The average Bonchev–Trinajstić information content (AvgIpc) is 2.49. The highest BCUT2D eigenvalue weighted by Gasteiger charge is 2.05. The van der Waals surface area contributed by atoms with E-state index in [1.54, 1.807) is 16.6 Å². The van der Waals surface area contributed by atoms with Gasteiger partial charge >= 0.3 is 0 Å². The van der Waals surface area contributed by atoms with Gasteiger partial charge in [-0.05, 0) is 28.1 Å². The third-order valence-electron chi connectivity index (χ3n) is 1.53. The largest absolute Gasteiger partial charge is 0.198 e. The molecule has 0 bridgehead atoms. The molecule has 2 aromatic rings. The van der Waals surface area contributed by atoms with Gasteiger partial charge in [0.15, 0.2) is 11.5 Å². The van der Waals surface area contributed by atoms with E-state index in [2.05, 4.69) is 31.2 Å². The molecule has 0 amide bonds. The van der Waals surface area contributed by atoms with Crippen LogP contribution < -0.4 is 0 Å². The van der Waals surface area contributed by atoms with Crippen LogP contribution in [0.5, 0.6) is 0 Å². The fraction of sp³-hybridized carbons (Fsp3) is 0.143. The number of hydrogen-bond acceptors (Lipinski definition) is 4. The van der Waals surface area contributed by atoms with E-state index in [1.165, 1.54) is 0 Å². The zero-order chi connectivity index (χ0) is 9.26.